The lowest BCUT2D eigenvalue weighted by molar-refractivity contribution is 0.660. The highest BCUT2D eigenvalue weighted by atomic mass is 15.1. The fourth-order valence-electron chi connectivity index (χ4n) is 8.10. The van der Waals surface area contributed by atoms with Crippen LogP contribution in [-0.2, 0) is 5.41 Å². The number of benzene rings is 8. The summed E-state index contributed by atoms with van der Waals surface area (Å²) in [7, 11) is 0. The molecule has 1 aliphatic carbocycles. The Labute approximate surface area is 307 Å². The predicted molar refractivity (Wildman–Crippen MR) is 220 cm³/mol. The van der Waals surface area contributed by atoms with Gasteiger partial charge in [-0.15, -0.1) is 0 Å². The van der Waals surface area contributed by atoms with E-state index in [4.69, 9.17) is 0 Å². The van der Waals surface area contributed by atoms with Crippen LogP contribution in [0.3, 0.4) is 0 Å². The van der Waals surface area contributed by atoms with Crippen molar-refractivity contribution in [1.82, 2.24) is 0 Å². The molecule has 0 bridgehead atoms. The normalized spacial score (nSPS) is 12.6. The molecule has 8 aromatic rings. The monoisotopic (exact) mass is 665 g/mol. The Morgan fingerprint density at radius 2 is 0.731 bits per heavy atom. The average molecular weight is 666 g/mol. The largest absolute Gasteiger partial charge is 0.309 e. The third-order valence-corrected chi connectivity index (χ3v) is 10.7. The summed E-state index contributed by atoms with van der Waals surface area (Å²) in [4.78, 5) is 2.45. The second kappa shape index (κ2) is 13.0. The first kappa shape index (κ1) is 31.5. The highest BCUT2D eigenvalue weighted by molar-refractivity contribution is 5.99. The molecule has 52 heavy (non-hydrogen) atoms. The van der Waals surface area contributed by atoms with Crippen molar-refractivity contribution in [3.05, 3.63) is 211 Å². The van der Waals surface area contributed by atoms with E-state index in [9.17, 15) is 0 Å². The Bertz CT molecular complexity index is 2510. The van der Waals surface area contributed by atoms with E-state index >= 15 is 0 Å². The minimum absolute atomic E-state index is 0.0810. The Kier molecular flexibility index (Phi) is 7.90. The van der Waals surface area contributed by atoms with Gasteiger partial charge in [-0.3, -0.25) is 0 Å². The van der Waals surface area contributed by atoms with Gasteiger partial charge in [0.2, 0.25) is 0 Å². The lowest BCUT2D eigenvalue weighted by Crippen LogP contribution is -2.15. The number of fused-ring (bicyclic) bond motifs is 3. The van der Waals surface area contributed by atoms with Gasteiger partial charge in [0.15, 0.2) is 0 Å². The average Bonchev–Trinajstić information content (AvgIpc) is 3.45. The number of hydrogen-bond donors (Lipinski definition) is 0. The van der Waals surface area contributed by atoms with Crippen molar-refractivity contribution in [2.24, 2.45) is 0 Å². The van der Waals surface area contributed by atoms with Gasteiger partial charge in [-0.25, -0.2) is 0 Å². The summed E-state index contributed by atoms with van der Waals surface area (Å²) in [6.45, 7) is 4.71. The molecule has 1 aliphatic rings. The van der Waals surface area contributed by atoms with E-state index in [1.165, 1.54) is 66.8 Å². The summed E-state index contributed by atoms with van der Waals surface area (Å²) in [6, 6.07) is 72.7. The summed E-state index contributed by atoms with van der Waals surface area (Å²) in [5, 5.41) is 0. The summed E-state index contributed by atoms with van der Waals surface area (Å²) in [6.07, 6.45) is 0. The van der Waals surface area contributed by atoms with E-state index in [1.54, 1.807) is 0 Å². The molecule has 1 nitrogen and oxygen atoms in total. The van der Waals surface area contributed by atoms with Crippen LogP contribution in [0.2, 0.25) is 0 Å². The van der Waals surface area contributed by atoms with Gasteiger partial charge in [-0.2, -0.15) is 0 Å². The number of para-hydroxylation sites is 2. The minimum Gasteiger partial charge on any atom is -0.309 e. The van der Waals surface area contributed by atoms with Gasteiger partial charge < -0.3 is 4.90 Å². The van der Waals surface area contributed by atoms with Crippen LogP contribution < -0.4 is 4.90 Å². The molecule has 9 rings (SSSR count). The maximum absolute atomic E-state index is 2.45. The molecule has 0 saturated carbocycles. The van der Waals surface area contributed by atoms with Crippen LogP contribution in [0.15, 0.2) is 200 Å². The molecule has 0 atom stereocenters. The molecule has 0 N–H and O–H groups in total. The van der Waals surface area contributed by atoms with Crippen LogP contribution in [0.25, 0.3) is 55.6 Å². The molecule has 8 aromatic carbocycles. The van der Waals surface area contributed by atoms with E-state index in [0.717, 1.165) is 17.1 Å². The van der Waals surface area contributed by atoms with E-state index < -0.39 is 0 Å². The second-order valence-corrected chi connectivity index (χ2v) is 14.1. The van der Waals surface area contributed by atoms with Crippen LogP contribution in [0.4, 0.5) is 17.1 Å². The van der Waals surface area contributed by atoms with Crippen molar-refractivity contribution in [3.8, 4) is 55.6 Å². The van der Waals surface area contributed by atoms with Gasteiger partial charge in [0.1, 0.15) is 0 Å². The summed E-state index contributed by atoms with van der Waals surface area (Å²) < 4.78 is 0. The molecule has 0 aromatic heterocycles. The van der Waals surface area contributed by atoms with Gasteiger partial charge in [-0.1, -0.05) is 190 Å². The molecular weight excluding hydrogens is 627 g/mol. The Balaban J connectivity index is 1.24. The number of rotatable bonds is 7. The highest BCUT2D eigenvalue weighted by Gasteiger charge is 2.37. The molecule has 0 fully saturated rings. The van der Waals surface area contributed by atoms with Crippen molar-refractivity contribution in [2.45, 2.75) is 19.3 Å². The quantitative estimate of drug-likeness (QED) is 0.164. The topological polar surface area (TPSA) is 3.24 Å². The molecule has 0 spiro atoms. The van der Waals surface area contributed by atoms with Gasteiger partial charge in [0, 0.05) is 22.2 Å². The van der Waals surface area contributed by atoms with E-state index in [1.807, 2.05) is 0 Å². The van der Waals surface area contributed by atoms with Crippen molar-refractivity contribution in [3.63, 3.8) is 0 Å². The van der Waals surface area contributed by atoms with Crippen LogP contribution in [0.5, 0.6) is 0 Å². The Morgan fingerprint density at radius 1 is 0.308 bits per heavy atom. The van der Waals surface area contributed by atoms with Crippen molar-refractivity contribution in [2.75, 3.05) is 4.90 Å². The lowest BCUT2D eigenvalue weighted by atomic mass is 9.82. The third-order valence-electron chi connectivity index (χ3n) is 10.7. The van der Waals surface area contributed by atoms with Crippen LogP contribution in [0, 0.1) is 0 Å². The minimum atomic E-state index is -0.0810. The predicted octanol–water partition coefficient (Wildman–Crippen LogP) is 14.1. The van der Waals surface area contributed by atoms with Crippen LogP contribution >= 0.6 is 0 Å². The van der Waals surface area contributed by atoms with Crippen molar-refractivity contribution >= 4 is 17.1 Å². The van der Waals surface area contributed by atoms with E-state index in [2.05, 4.69) is 219 Å². The molecule has 0 amide bonds. The van der Waals surface area contributed by atoms with E-state index in [0.29, 0.717) is 0 Å². The highest BCUT2D eigenvalue weighted by Crippen LogP contribution is 2.54. The lowest BCUT2D eigenvalue weighted by Gasteiger charge is -2.30. The molecule has 0 aliphatic heterocycles. The van der Waals surface area contributed by atoms with Crippen molar-refractivity contribution in [1.29, 1.82) is 0 Å². The molecular formula is C51H39N. The first-order valence-corrected chi connectivity index (χ1v) is 18.1. The maximum atomic E-state index is 2.45. The zero-order valence-electron chi connectivity index (χ0n) is 29.5. The number of nitrogens with zero attached hydrogens (tertiary/aromatic N) is 1. The first-order valence-electron chi connectivity index (χ1n) is 18.1. The molecule has 0 radical (unpaired) electrons. The molecule has 0 heterocycles. The van der Waals surface area contributed by atoms with Gasteiger partial charge in [-0.05, 0) is 79.9 Å². The Hall–Kier alpha value is -6.44. The molecule has 0 saturated heterocycles. The summed E-state index contributed by atoms with van der Waals surface area (Å²) in [5.41, 5.74) is 18.3. The fourth-order valence-corrected chi connectivity index (χ4v) is 8.10. The smallest absolute Gasteiger partial charge is 0.0540 e. The van der Waals surface area contributed by atoms with Crippen LogP contribution in [0.1, 0.15) is 25.0 Å². The third kappa shape index (κ3) is 5.43. The number of anilines is 3. The number of hydrogen-bond acceptors (Lipinski definition) is 1. The SMILES string of the molecule is CC1(C)c2ccccc2-c2c(-c3ccccc3N(c3ccc(-c4ccccc4)cc3)c3ccccc3-c3ccc(-c4ccccc4)cc3)cccc21. The first-order chi connectivity index (χ1) is 25.6. The molecule has 1 heteroatoms. The Morgan fingerprint density at radius 3 is 1.37 bits per heavy atom. The van der Waals surface area contributed by atoms with Crippen LogP contribution in [-0.4, -0.2) is 0 Å². The van der Waals surface area contributed by atoms with E-state index in [-0.39, 0.29) is 5.41 Å². The summed E-state index contributed by atoms with van der Waals surface area (Å²) in [5.74, 6) is 0. The van der Waals surface area contributed by atoms with Gasteiger partial charge >= 0.3 is 0 Å². The van der Waals surface area contributed by atoms with Gasteiger partial charge in [0.05, 0.1) is 11.4 Å². The standard InChI is InChI=1S/C51H39N/c1-51(2)46-24-12-9-22-45(46)50-44(23-15-25-47(50)51)43-21-11-14-27-49(43)52(41-34-32-39(33-35-41)37-18-7-4-8-19-37)48-26-13-10-20-42(48)40-30-28-38(29-31-40)36-16-5-3-6-17-36/h3-35H,1-2H3. The fraction of sp³-hybridized carbons (Fsp3) is 0.0588. The zero-order chi connectivity index (χ0) is 35.1. The van der Waals surface area contributed by atoms with Crippen molar-refractivity contribution < 1.29 is 0 Å². The zero-order valence-corrected chi connectivity index (χ0v) is 29.5. The second-order valence-electron chi connectivity index (χ2n) is 14.1. The van der Waals surface area contributed by atoms with Gasteiger partial charge in [0.25, 0.3) is 0 Å². The molecule has 0 unspecified atom stereocenters. The summed E-state index contributed by atoms with van der Waals surface area (Å²) >= 11 is 0. The molecule has 248 valence electrons. The maximum Gasteiger partial charge on any atom is 0.0540 e.